The van der Waals surface area contributed by atoms with Gasteiger partial charge in [-0.25, -0.2) is 0 Å². The summed E-state index contributed by atoms with van der Waals surface area (Å²) in [5.41, 5.74) is 5.56. The van der Waals surface area contributed by atoms with E-state index in [0.29, 0.717) is 12.4 Å². The second kappa shape index (κ2) is 5.82. The minimum absolute atomic E-state index is 0.0124. The second-order valence-electron chi connectivity index (χ2n) is 6.82. The monoisotopic (exact) mass is 281 g/mol. The molecule has 114 valence electrons. The lowest BCUT2D eigenvalue weighted by Crippen LogP contribution is -2.40. The van der Waals surface area contributed by atoms with Crippen molar-refractivity contribution in [1.29, 1.82) is 0 Å². The van der Waals surface area contributed by atoms with Crippen molar-refractivity contribution < 1.29 is 9.26 Å². The van der Waals surface area contributed by atoms with E-state index in [-0.39, 0.29) is 11.5 Å². The Labute approximate surface area is 121 Å². The average Bonchev–Trinajstić information content (AvgIpc) is 2.88. The van der Waals surface area contributed by atoms with E-state index in [4.69, 9.17) is 15.0 Å². The van der Waals surface area contributed by atoms with Gasteiger partial charge in [-0.2, -0.15) is 4.98 Å². The van der Waals surface area contributed by atoms with Crippen LogP contribution in [0, 0.1) is 0 Å². The predicted octanol–water partition coefficient (Wildman–Crippen LogP) is 2.89. The van der Waals surface area contributed by atoms with Crippen molar-refractivity contribution in [1.82, 2.24) is 10.1 Å². The quantitative estimate of drug-likeness (QED) is 0.898. The standard InChI is InChI=1S/C15H27N3O2/c1-11(2)19-10-15(4,16)12-17-13(20-18-12)14(3)8-6-5-7-9-14/h11H,5-10,16H2,1-4H3. The molecule has 1 saturated carbocycles. The molecule has 0 aromatic carbocycles. The summed E-state index contributed by atoms with van der Waals surface area (Å²) in [6, 6.07) is 0. The molecule has 1 atom stereocenters. The van der Waals surface area contributed by atoms with Gasteiger partial charge in [0.2, 0.25) is 5.89 Å². The summed E-state index contributed by atoms with van der Waals surface area (Å²) < 4.78 is 11.1. The van der Waals surface area contributed by atoms with E-state index in [9.17, 15) is 0 Å². The summed E-state index contributed by atoms with van der Waals surface area (Å²) in [6.45, 7) is 8.46. The third-order valence-corrected chi connectivity index (χ3v) is 4.13. The van der Waals surface area contributed by atoms with E-state index in [1.807, 2.05) is 20.8 Å². The fourth-order valence-corrected chi connectivity index (χ4v) is 2.65. The highest BCUT2D eigenvalue weighted by Crippen LogP contribution is 2.38. The summed E-state index contributed by atoms with van der Waals surface area (Å²) in [5, 5.41) is 4.10. The van der Waals surface area contributed by atoms with E-state index < -0.39 is 5.54 Å². The number of hydrogen-bond donors (Lipinski definition) is 1. The van der Waals surface area contributed by atoms with Crippen LogP contribution < -0.4 is 5.73 Å². The first-order chi connectivity index (χ1) is 9.33. The highest BCUT2D eigenvalue weighted by Gasteiger charge is 2.37. The smallest absolute Gasteiger partial charge is 0.232 e. The number of ether oxygens (including phenoxy) is 1. The van der Waals surface area contributed by atoms with E-state index >= 15 is 0 Å². The van der Waals surface area contributed by atoms with Crippen LogP contribution in [0.3, 0.4) is 0 Å². The van der Waals surface area contributed by atoms with Crippen LogP contribution in [0.2, 0.25) is 0 Å². The molecule has 1 aromatic heterocycles. The molecule has 5 nitrogen and oxygen atoms in total. The average molecular weight is 281 g/mol. The molecule has 1 aromatic rings. The van der Waals surface area contributed by atoms with Crippen LogP contribution in [0.4, 0.5) is 0 Å². The summed E-state index contributed by atoms with van der Waals surface area (Å²) >= 11 is 0. The Balaban J connectivity index is 2.11. The molecule has 5 heteroatoms. The molecule has 0 saturated heterocycles. The Morgan fingerprint density at radius 3 is 2.60 bits per heavy atom. The van der Waals surface area contributed by atoms with Gasteiger partial charge < -0.3 is 15.0 Å². The summed E-state index contributed by atoms with van der Waals surface area (Å²) in [7, 11) is 0. The lowest BCUT2D eigenvalue weighted by Gasteiger charge is -2.29. The van der Waals surface area contributed by atoms with Gasteiger partial charge in [-0.05, 0) is 33.6 Å². The molecule has 1 fully saturated rings. The number of nitrogens with two attached hydrogens (primary N) is 1. The summed E-state index contributed by atoms with van der Waals surface area (Å²) in [5.74, 6) is 1.27. The molecular weight excluding hydrogens is 254 g/mol. The molecule has 1 unspecified atom stereocenters. The number of aromatic nitrogens is 2. The molecule has 0 bridgehead atoms. The zero-order chi connectivity index (χ0) is 14.8. The number of hydrogen-bond acceptors (Lipinski definition) is 5. The zero-order valence-electron chi connectivity index (χ0n) is 13.1. The highest BCUT2D eigenvalue weighted by molar-refractivity contribution is 5.09. The largest absolute Gasteiger partial charge is 0.376 e. The number of rotatable bonds is 5. The van der Waals surface area contributed by atoms with Crippen LogP contribution in [-0.2, 0) is 15.7 Å². The molecule has 0 amide bonds. The maximum Gasteiger partial charge on any atom is 0.232 e. The van der Waals surface area contributed by atoms with Crippen molar-refractivity contribution >= 4 is 0 Å². The highest BCUT2D eigenvalue weighted by atomic mass is 16.5. The zero-order valence-corrected chi connectivity index (χ0v) is 13.1. The first-order valence-corrected chi connectivity index (χ1v) is 7.59. The third kappa shape index (κ3) is 3.38. The molecule has 1 aliphatic carbocycles. The van der Waals surface area contributed by atoms with Crippen LogP contribution in [0.25, 0.3) is 0 Å². The Bertz CT molecular complexity index is 434. The van der Waals surface area contributed by atoms with Gasteiger partial charge in [-0.3, -0.25) is 0 Å². The van der Waals surface area contributed by atoms with Crippen molar-refractivity contribution in [2.45, 2.75) is 76.9 Å². The van der Waals surface area contributed by atoms with Crippen molar-refractivity contribution in [2.75, 3.05) is 6.61 Å². The van der Waals surface area contributed by atoms with Gasteiger partial charge in [0.05, 0.1) is 12.7 Å². The van der Waals surface area contributed by atoms with E-state index in [1.165, 1.54) is 19.3 Å². The molecule has 0 spiro atoms. The Hall–Kier alpha value is -0.940. The number of nitrogens with zero attached hydrogens (tertiary/aromatic N) is 2. The van der Waals surface area contributed by atoms with Crippen molar-refractivity contribution in [3.05, 3.63) is 11.7 Å². The Morgan fingerprint density at radius 2 is 2.00 bits per heavy atom. The van der Waals surface area contributed by atoms with Crippen LogP contribution >= 0.6 is 0 Å². The minimum atomic E-state index is -0.711. The van der Waals surface area contributed by atoms with E-state index in [2.05, 4.69) is 17.1 Å². The lowest BCUT2D eigenvalue weighted by atomic mass is 9.75. The van der Waals surface area contributed by atoms with Gasteiger partial charge in [0.15, 0.2) is 5.82 Å². The van der Waals surface area contributed by atoms with Gasteiger partial charge in [0.1, 0.15) is 5.54 Å². The topological polar surface area (TPSA) is 74.2 Å². The van der Waals surface area contributed by atoms with Gasteiger partial charge in [-0.15, -0.1) is 0 Å². The van der Waals surface area contributed by atoms with E-state index in [0.717, 1.165) is 18.7 Å². The molecule has 2 N–H and O–H groups in total. The van der Waals surface area contributed by atoms with E-state index in [1.54, 1.807) is 0 Å². The fourth-order valence-electron chi connectivity index (χ4n) is 2.65. The van der Waals surface area contributed by atoms with Crippen LogP contribution in [0.15, 0.2) is 4.52 Å². The normalized spacial score (nSPS) is 21.9. The summed E-state index contributed by atoms with van der Waals surface area (Å²) in [4.78, 5) is 4.57. The van der Waals surface area contributed by atoms with Crippen LogP contribution in [-0.4, -0.2) is 22.9 Å². The second-order valence-corrected chi connectivity index (χ2v) is 6.82. The molecule has 0 aliphatic heterocycles. The first-order valence-electron chi connectivity index (χ1n) is 7.59. The summed E-state index contributed by atoms with van der Waals surface area (Å²) in [6.07, 6.45) is 6.11. The SMILES string of the molecule is CC(C)OCC(C)(N)c1noc(C2(C)CCCCC2)n1. The molecule has 1 aliphatic rings. The first kappa shape index (κ1) is 15.4. The van der Waals surface area contributed by atoms with Gasteiger partial charge in [0, 0.05) is 5.41 Å². The van der Waals surface area contributed by atoms with Crippen molar-refractivity contribution in [2.24, 2.45) is 5.73 Å². The predicted molar refractivity (Wildman–Crippen MR) is 77.4 cm³/mol. The van der Waals surface area contributed by atoms with Crippen LogP contribution in [0.5, 0.6) is 0 Å². The van der Waals surface area contributed by atoms with Gasteiger partial charge in [0.25, 0.3) is 0 Å². The lowest BCUT2D eigenvalue weighted by molar-refractivity contribution is 0.0410. The molecule has 2 rings (SSSR count). The third-order valence-electron chi connectivity index (χ3n) is 4.13. The fraction of sp³-hybridized carbons (Fsp3) is 0.867. The molecular formula is C15H27N3O2. The van der Waals surface area contributed by atoms with Gasteiger partial charge in [-0.1, -0.05) is 31.3 Å². The van der Waals surface area contributed by atoms with Crippen molar-refractivity contribution in [3.63, 3.8) is 0 Å². The van der Waals surface area contributed by atoms with Crippen LogP contribution in [0.1, 0.15) is 71.5 Å². The Morgan fingerprint density at radius 1 is 1.35 bits per heavy atom. The Kier molecular flexibility index (Phi) is 4.49. The van der Waals surface area contributed by atoms with Crippen molar-refractivity contribution in [3.8, 4) is 0 Å². The molecule has 0 radical (unpaired) electrons. The van der Waals surface area contributed by atoms with Gasteiger partial charge >= 0.3 is 0 Å². The molecule has 1 heterocycles. The minimum Gasteiger partial charge on any atom is -0.376 e. The maximum atomic E-state index is 6.26. The maximum absolute atomic E-state index is 6.26. The molecule has 20 heavy (non-hydrogen) atoms.